The fourth-order valence-corrected chi connectivity index (χ4v) is 3.38. The molecule has 0 amide bonds. The largest absolute Gasteiger partial charge is 0.493 e. The summed E-state index contributed by atoms with van der Waals surface area (Å²) in [7, 11) is 1.66. The highest BCUT2D eigenvalue weighted by atomic mass is 32.1. The minimum Gasteiger partial charge on any atom is -0.493 e. The normalized spacial score (nSPS) is 27.2. The first-order valence-corrected chi connectivity index (χ1v) is 7.05. The maximum Gasteiger partial charge on any atom is 0.184 e. The average molecular weight is 290 g/mol. The van der Waals surface area contributed by atoms with Gasteiger partial charge in [0.05, 0.1) is 13.2 Å². The second-order valence-electron chi connectivity index (χ2n) is 5.26. The van der Waals surface area contributed by atoms with Crippen LogP contribution >= 0.6 is 12.2 Å². The van der Waals surface area contributed by atoms with Gasteiger partial charge in [0.15, 0.2) is 22.3 Å². The van der Waals surface area contributed by atoms with Crippen LogP contribution in [-0.4, -0.2) is 29.4 Å². The molecule has 0 saturated carbocycles. The molecule has 2 aliphatic heterocycles. The summed E-state index contributed by atoms with van der Waals surface area (Å²) >= 11 is 5.46. The molecule has 3 rings (SSSR count). The van der Waals surface area contributed by atoms with Gasteiger partial charge in [0, 0.05) is 18.5 Å². The molecule has 1 saturated heterocycles. The van der Waals surface area contributed by atoms with Gasteiger partial charge in [-0.1, -0.05) is 18.2 Å². The van der Waals surface area contributed by atoms with Crippen LogP contribution < -0.4 is 14.8 Å². The van der Waals surface area contributed by atoms with Crippen molar-refractivity contribution in [1.82, 2.24) is 10.2 Å². The van der Waals surface area contributed by atoms with Crippen LogP contribution in [0.5, 0.6) is 11.5 Å². The number of rotatable bonds is 3. The van der Waals surface area contributed by atoms with Crippen LogP contribution in [-0.2, 0) is 0 Å². The molecule has 2 atom stereocenters. The van der Waals surface area contributed by atoms with Gasteiger partial charge in [0.1, 0.15) is 0 Å². The van der Waals surface area contributed by atoms with E-state index in [-0.39, 0.29) is 6.04 Å². The summed E-state index contributed by atoms with van der Waals surface area (Å²) in [6, 6.07) is 6.11. The summed E-state index contributed by atoms with van der Waals surface area (Å²) in [5.41, 5.74) is 0.630. The highest BCUT2D eigenvalue weighted by Crippen LogP contribution is 2.47. The summed E-state index contributed by atoms with van der Waals surface area (Å²) in [4.78, 5) is 2.03. The predicted molar refractivity (Wildman–Crippen MR) is 82.0 cm³/mol. The lowest BCUT2D eigenvalue weighted by atomic mass is 9.90. The number of para-hydroxylation sites is 1. The van der Waals surface area contributed by atoms with Gasteiger partial charge in [0.25, 0.3) is 0 Å². The van der Waals surface area contributed by atoms with Gasteiger partial charge in [-0.3, -0.25) is 0 Å². The smallest absolute Gasteiger partial charge is 0.184 e. The number of methoxy groups -OCH3 is 1. The van der Waals surface area contributed by atoms with E-state index in [9.17, 15) is 0 Å². The fourth-order valence-electron chi connectivity index (χ4n) is 2.97. The van der Waals surface area contributed by atoms with E-state index in [4.69, 9.17) is 21.7 Å². The van der Waals surface area contributed by atoms with Crippen molar-refractivity contribution in [2.24, 2.45) is 0 Å². The van der Waals surface area contributed by atoms with Gasteiger partial charge in [-0.15, -0.1) is 6.58 Å². The van der Waals surface area contributed by atoms with Crippen molar-refractivity contribution in [3.8, 4) is 11.5 Å². The van der Waals surface area contributed by atoms with Gasteiger partial charge in [-0.25, -0.2) is 0 Å². The number of nitrogens with one attached hydrogen (secondary N) is 1. The van der Waals surface area contributed by atoms with Crippen molar-refractivity contribution in [3.63, 3.8) is 0 Å². The molecule has 4 nitrogen and oxygen atoms in total. The van der Waals surface area contributed by atoms with Crippen LogP contribution in [0.15, 0.2) is 30.9 Å². The molecule has 0 spiro atoms. The highest BCUT2D eigenvalue weighted by Gasteiger charge is 2.47. The van der Waals surface area contributed by atoms with E-state index in [0.29, 0.717) is 11.7 Å². The summed E-state index contributed by atoms with van der Waals surface area (Å²) in [6.45, 7) is 6.51. The molecule has 0 aliphatic carbocycles. The molecule has 5 heteroatoms. The quantitative estimate of drug-likeness (QED) is 0.683. The van der Waals surface area contributed by atoms with Crippen LogP contribution in [0.2, 0.25) is 0 Å². The molecular formula is C15H18N2O2S. The Balaban J connectivity index is 2.08. The molecule has 1 fully saturated rings. The molecule has 106 valence electrons. The summed E-state index contributed by atoms with van der Waals surface area (Å²) < 4.78 is 11.7. The van der Waals surface area contributed by atoms with Crippen molar-refractivity contribution in [3.05, 3.63) is 36.4 Å². The zero-order valence-corrected chi connectivity index (χ0v) is 12.5. The molecule has 1 N–H and O–H groups in total. The second-order valence-corrected chi connectivity index (χ2v) is 5.65. The molecule has 0 aromatic heterocycles. The SMILES string of the molecule is C=CCN1C(=S)NC2CC1(C)Oc1c(OC)cccc12. The van der Waals surface area contributed by atoms with Crippen molar-refractivity contribution >= 4 is 17.3 Å². The van der Waals surface area contributed by atoms with E-state index in [1.54, 1.807) is 7.11 Å². The van der Waals surface area contributed by atoms with Gasteiger partial charge in [-0.05, 0) is 25.2 Å². The number of ether oxygens (including phenoxy) is 2. The molecule has 1 aromatic rings. The average Bonchev–Trinajstić information content (AvgIpc) is 2.42. The Morgan fingerprint density at radius 2 is 2.45 bits per heavy atom. The van der Waals surface area contributed by atoms with Gasteiger partial charge in [-0.2, -0.15) is 0 Å². The Morgan fingerprint density at radius 1 is 1.65 bits per heavy atom. The van der Waals surface area contributed by atoms with Crippen molar-refractivity contribution < 1.29 is 9.47 Å². The van der Waals surface area contributed by atoms with Gasteiger partial charge < -0.3 is 19.7 Å². The Morgan fingerprint density at radius 3 is 3.15 bits per heavy atom. The third-order valence-electron chi connectivity index (χ3n) is 3.94. The van der Waals surface area contributed by atoms with E-state index in [2.05, 4.69) is 24.9 Å². The lowest BCUT2D eigenvalue weighted by Gasteiger charge is -2.52. The Labute approximate surface area is 124 Å². The second kappa shape index (κ2) is 4.66. The minimum absolute atomic E-state index is 0.160. The molecular weight excluding hydrogens is 272 g/mol. The maximum absolute atomic E-state index is 6.27. The van der Waals surface area contributed by atoms with Gasteiger partial charge >= 0.3 is 0 Å². The zero-order chi connectivity index (χ0) is 14.3. The lowest BCUT2D eigenvalue weighted by Crippen LogP contribution is -2.64. The topological polar surface area (TPSA) is 33.7 Å². The number of thiocarbonyl (C=S) groups is 1. The van der Waals surface area contributed by atoms with E-state index in [1.165, 1.54) is 0 Å². The van der Waals surface area contributed by atoms with Crippen molar-refractivity contribution in [2.75, 3.05) is 13.7 Å². The maximum atomic E-state index is 6.27. The summed E-state index contributed by atoms with van der Waals surface area (Å²) in [5.74, 6) is 1.56. The first-order valence-electron chi connectivity index (χ1n) is 6.64. The standard InChI is InChI=1S/C15H18N2O2S/c1-4-8-17-14(20)16-11-9-15(17,2)19-13-10(11)6-5-7-12(13)18-3/h4-7,11H,1,8-9H2,2-3H3,(H,16,20). The van der Waals surface area contributed by atoms with E-state index in [1.807, 2.05) is 23.1 Å². The van der Waals surface area contributed by atoms with Crippen LogP contribution in [0.4, 0.5) is 0 Å². The zero-order valence-electron chi connectivity index (χ0n) is 11.7. The first kappa shape index (κ1) is 13.2. The monoisotopic (exact) mass is 290 g/mol. The molecule has 2 unspecified atom stereocenters. The molecule has 0 radical (unpaired) electrons. The summed E-state index contributed by atoms with van der Waals surface area (Å²) in [6.07, 6.45) is 2.67. The molecule has 2 bridgehead atoms. The highest BCUT2D eigenvalue weighted by molar-refractivity contribution is 7.80. The predicted octanol–water partition coefficient (Wildman–Crippen LogP) is 2.61. The van der Waals surface area contributed by atoms with Crippen molar-refractivity contribution in [1.29, 1.82) is 0 Å². The Kier molecular flexibility index (Phi) is 3.09. The number of fused-ring (bicyclic) bond motifs is 4. The third-order valence-corrected chi connectivity index (χ3v) is 4.27. The number of benzene rings is 1. The molecule has 1 aromatic carbocycles. The van der Waals surface area contributed by atoms with Crippen LogP contribution in [0.3, 0.4) is 0 Å². The molecule has 2 heterocycles. The lowest BCUT2D eigenvalue weighted by molar-refractivity contribution is -0.0646. The van der Waals surface area contributed by atoms with Crippen molar-refractivity contribution in [2.45, 2.75) is 25.1 Å². The number of hydrogen-bond donors (Lipinski definition) is 1. The van der Waals surface area contributed by atoms with E-state index in [0.717, 1.165) is 23.5 Å². The molecule has 2 aliphatic rings. The number of nitrogens with zero attached hydrogens (tertiary/aromatic N) is 1. The van der Waals surface area contributed by atoms with Crippen LogP contribution in [0, 0.1) is 0 Å². The van der Waals surface area contributed by atoms with Crippen LogP contribution in [0.1, 0.15) is 24.9 Å². The minimum atomic E-state index is -0.469. The number of hydrogen-bond acceptors (Lipinski definition) is 3. The third kappa shape index (κ3) is 1.85. The van der Waals surface area contributed by atoms with E-state index >= 15 is 0 Å². The van der Waals surface area contributed by atoms with Gasteiger partial charge in [0.2, 0.25) is 0 Å². The van der Waals surface area contributed by atoms with Crippen LogP contribution in [0.25, 0.3) is 0 Å². The Hall–Kier alpha value is -1.75. The molecule has 20 heavy (non-hydrogen) atoms. The van der Waals surface area contributed by atoms with E-state index < -0.39 is 5.72 Å². The summed E-state index contributed by atoms with van der Waals surface area (Å²) in [5, 5.41) is 4.10. The fraction of sp³-hybridized carbons (Fsp3) is 0.400. The first-order chi connectivity index (χ1) is 9.59. The Bertz CT molecular complexity index is 575.